The molecule has 0 bridgehead atoms. The van der Waals surface area contributed by atoms with Crippen LogP contribution in [0.5, 0.6) is 0 Å². The highest BCUT2D eigenvalue weighted by molar-refractivity contribution is 5.69. The maximum atomic E-state index is 12.0. The second-order valence-electron chi connectivity index (χ2n) is 14.3. The predicted octanol–water partition coefficient (Wildman–Crippen LogP) is 10.8. The maximum absolute atomic E-state index is 12.0. The molecule has 0 aromatic rings. The first-order valence-electron chi connectivity index (χ1n) is 20.7. The second-order valence-corrected chi connectivity index (χ2v) is 14.3. The second kappa shape index (κ2) is 37.5. The number of carbonyl (C=O) groups is 2. The van der Waals surface area contributed by atoms with Crippen molar-refractivity contribution >= 4 is 11.9 Å². The molecule has 0 aliphatic heterocycles. The molecular weight excluding hydrogens is 640 g/mol. The van der Waals surface area contributed by atoms with Crippen LogP contribution in [0.2, 0.25) is 0 Å². The Morgan fingerprint density at radius 3 is 1.39 bits per heavy atom. The van der Waals surface area contributed by atoms with Crippen molar-refractivity contribution in [3.05, 3.63) is 48.6 Å². The van der Waals surface area contributed by atoms with E-state index in [1.54, 1.807) is 0 Å². The molecule has 7 nitrogen and oxygen atoms in total. The third kappa shape index (κ3) is 35.9. The quantitative estimate of drug-likeness (QED) is 0.0336. The smallest absolute Gasteiger partial charge is 0.305 e. The third-order valence-corrected chi connectivity index (χ3v) is 9.32. The minimum absolute atomic E-state index is 0.0685. The Morgan fingerprint density at radius 1 is 0.510 bits per heavy atom. The molecule has 7 heteroatoms. The molecule has 4 atom stereocenters. The van der Waals surface area contributed by atoms with Gasteiger partial charge in [-0.3, -0.25) is 9.59 Å². The van der Waals surface area contributed by atoms with Gasteiger partial charge in [0, 0.05) is 12.8 Å². The van der Waals surface area contributed by atoms with Crippen molar-refractivity contribution in [3.63, 3.8) is 0 Å². The fraction of sp³-hybridized carbons (Fsp3) is 0.773. The number of ether oxygens (including phenoxy) is 2. The Morgan fingerprint density at radius 2 is 0.922 bits per heavy atom. The van der Waals surface area contributed by atoms with Crippen LogP contribution in [-0.2, 0) is 19.1 Å². The lowest BCUT2D eigenvalue weighted by atomic mass is 9.99. The van der Waals surface area contributed by atoms with Gasteiger partial charge in [0.05, 0.1) is 12.2 Å². The first-order valence-corrected chi connectivity index (χ1v) is 20.7. The molecule has 0 rings (SSSR count). The van der Waals surface area contributed by atoms with Crippen LogP contribution in [-0.4, -0.2) is 58.8 Å². The highest BCUT2D eigenvalue weighted by atomic mass is 16.6. The number of allylic oxidation sites excluding steroid dienone is 7. The van der Waals surface area contributed by atoms with Crippen LogP contribution in [0, 0.1) is 5.92 Å². The van der Waals surface area contributed by atoms with E-state index in [2.05, 4.69) is 57.2 Å². The molecule has 296 valence electrons. The zero-order valence-corrected chi connectivity index (χ0v) is 33.0. The van der Waals surface area contributed by atoms with E-state index in [0.29, 0.717) is 19.3 Å². The van der Waals surface area contributed by atoms with Gasteiger partial charge in [0.15, 0.2) is 0 Å². The molecule has 0 aliphatic rings. The van der Waals surface area contributed by atoms with E-state index in [-0.39, 0.29) is 32.0 Å². The zero-order chi connectivity index (χ0) is 37.6. The molecule has 0 heterocycles. The normalized spacial score (nSPS) is 14.5. The highest BCUT2D eigenvalue weighted by Crippen LogP contribution is 2.16. The van der Waals surface area contributed by atoms with Crippen LogP contribution in [0.25, 0.3) is 0 Å². The Kier molecular flexibility index (Phi) is 35.9. The van der Waals surface area contributed by atoms with Gasteiger partial charge in [-0.05, 0) is 57.3 Å². The number of hydrogen-bond acceptors (Lipinski definition) is 7. The van der Waals surface area contributed by atoms with Crippen LogP contribution in [0.3, 0.4) is 0 Å². The average molecular weight is 719 g/mol. The van der Waals surface area contributed by atoms with Crippen LogP contribution >= 0.6 is 0 Å². The van der Waals surface area contributed by atoms with Crippen molar-refractivity contribution in [2.24, 2.45) is 5.92 Å². The van der Waals surface area contributed by atoms with Gasteiger partial charge in [-0.15, -0.1) is 0 Å². The molecular formula is C44H78O7. The third-order valence-electron chi connectivity index (χ3n) is 9.32. The molecule has 0 aliphatic carbocycles. The summed E-state index contributed by atoms with van der Waals surface area (Å²) in [5.74, 6) is 0.0495. The topological polar surface area (TPSA) is 113 Å². The number of aliphatic hydroxyl groups excluding tert-OH is 3. The summed E-state index contributed by atoms with van der Waals surface area (Å²) in [4.78, 5) is 24.0. The SMILES string of the molecule is CC/C=C\C/C=C\C/C=C\C/C=C\C[C@H](O)[C@@H](O)CCCC(=O)OC[C@H](O)COC(=O)CCCCCCCCCCCCCCCCC(C)CC. The molecule has 51 heavy (non-hydrogen) atoms. The minimum Gasteiger partial charge on any atom is -0.463 e. The number of rotatable bonds is 36. The van der Waals surface area contributed by atoms with E-state index in [0.717, 1.165) is 50.9 Å². The largest absolute Gasteiger partial charge is 0.463 e. The van der Waals surface area contributed by atoms with Gasteiger partial charge in [-0.25, -0.2) is 0 Å². The van der Waals surface area contributed by atoms with Crippen LogP contribution in [0.4, 0.5) is 0 Å². The molecule has 0 amide bonds. The summed E-state index contributed by atoms with van der Waals surface area (Å²) < 4.78 is 10.2. The predicted molar refractivity (Wildman–Crippen MR) is 212 cm³/mol. The zero-order valence-electron chi connectivity index (χ0n) is 33.0. The van der Waals surface area contributed by atoms with E-state index in [9.17, 15) is 24.9 Å². The number of hydrogen-bond donors (Lipinski definition) is 3. The van der Waals surface area contributed by atoms with Crippen LogP contribution in [0.15, 0.2) is 48.6 Å². The summed E-state index contributed by atoms with van der Waals surface area (Å²) in [6.07, 6.45) is 39.2. The summed E-state index contributed by atoms with van der Waals surface area (Å²) in [5.41, 5.74) is 0. The maximum Gasteiger partial charge on any atom is 0.305 e. The first-order chi connectivity index (χ1) is 24.8. The highest BCUT2D eigenvalue weighted by Gasteiger charge is 2.16. The summed E-state index contributed by atoms with van der Waals surface area (Å²) in [7, 11) is 0. The summed E-state index contributed by atoms with van der Waals surface area (Å²) >= 11 is 0. The van der Waals surface area contributed by atoms with Crippen LogP contribution < -0.4 is 0 Å². The summed E-state index contributed by atoms with van der Waals surface area (Å²) in [6.45, 7) is 6.32. The van der Waals surface area contributed by atoms with E-state index >= 15 is 0 Å². The van der Waals surface area contributed by atoms with Crippen molar-refractivity contribution in [2.75, 3.05) is 13.2 Å². The molecule has 0 spiro atoms. The average Bonchev–Trinajstić information content (AvgIpc) is 3.12. The number of carbonyl (C=O) groups excluding carboxylic acids is 2. The van der Waals surface area contributed by atoms with E-state index in [4.69, 9.17) is 9.47 Å². The first kappa shape index (κ1) is 48.8. The summed E-state index contributed by atoms with van der Waals surface area (Å²) in [6, 6.07) is 0. The molecule has 0 aromatic carbocycles. The lowest BCUT2D eigenvalue weighted by Gasteiger charge is -2.16. The summed E-state index contributed by atoms with van der Waals surface area (Å²) in [5, 5.41) is 30.4. The molecule has 0 radical (unpaired) electrons. The van der Waals surface area contributed by atoms with Crippen molar-refractivity contribution in [3.8, 4) is 0 Å². The Balaban J connectivity index is 3.65. The van der Waals surface area contributed by atoms with Crippen molar-refractivity contribution in [1.29, 1.82) is 0 Å². The van der Waals surface area contributed by atoms with Crippen molar-refractivity contribution in [1.82, 2.24) is 0 Å². The van der Waals surface area contributed by atoms with Gasteiger partial charge in [0.2, 0.25) is 0 Å². The van der Waals surface area contributed by atoms with Crippen molar-refractivity contribution in [2.45, 2.75) is 200 Å². The van der Waals surface area contributed by atoms with Gasteiger partial charge >= 0.3 is 11.9 Å². The Labute approximate surface area is 313 Å². The van der Waals surface area contributed by atoms with Crippen molar-refractivity contribution < 1.29 is 34.4 Å². The van der Waals surface area contributed by atoms with E-state index in [1.165, 1.54) is 83.5 Å². The van der Waals surface area contributed by atoms with E-state index in [1.807, 2.05) is 12.2 Å². The van der Waals surface area contributed by atoms with Crippen LogP contribution in [0.1, 0.15) is 181 Å². The number of aliphatic hydroxyl groups is 3. The standard InChI is InChI=1S/C44H78O7/c1-4-6-7-8-9-10-11-17-20-23-26-29-33-41(46)42(47)34-31-36-44(49)51-38-40(45)37-50-43(48)35-30-27-24-21-18-15-13-12-14-16-19-22-25-28-32-39(3)5-2/h6-7,9-10,17,20,26,29,39-42,45-47H,4-5,8,11-16,18-19,21-25,27-28,30-38H2,1-3H3/b7-6-,10-9-,20-17-,29-26-/t39?,40-,41+,42+/m1/s1. The Bertz CT molecular complexity index is 909. The Hall–Kier alpha value is -2.22. The molecule has 0 saturated carbocycles. The molecule has 3 N–H and O–H groups in total. The lowest BCUT2D eigenvalue weighted by Crippen LogP contribution is -2.26. The van der Waals surface area contributed by atoms with Gasteiger partial charge in [0.25, 0.3) is 0 Å². The van der Waals surface area contributed by atoms with Gasteiger partial charge < -0.3 is 24.8 Å². The molecule has 0 fully saturated rings. The molecule has 0 saturated heterocycles. The molecule has 1 unspecified atom stereocenters. The van der Waals surface area contributed by atoms with Gasteiger partial charge in [0.1, 0.15) is 19.3 Å². The molecule has 0 aromatic heterocycles. The fourth-order valence-corrected chi connectivity index (χ4v) is 5.68. The number of unbranched alkanes of at least 4 members (excludes halogenated alkanes) is 13. The monoisotopic (exact) mass is 719 g/mol. The fourth-order valence-electron chi connectivity index (χ4n) is 5.68. The number of esters is 2. The minimum atomic E-state index is -1.07. The lowest BCUT2D eigenvalue weighted by molar-refractivity contribution is -0.152. The van der Waals surface area contributed by atoms with Gasteiger partial charge in [-0.1, -0.05) is 166 Å². The van der Waals surface area contributed by atoms with E-state index < -0.39 is 24.3 Å². The van der Waals surface area contributed by atoms with Gasteiger partial charge in [-0.2, -0.15) is 0 Å².